The monoisotopic (exact) mass is 273 g/mol. The summed E-state index contributed by atoms with van der Waals surface area (Å²) in [6, 6.07) is 5.66. The van der Waals surface area contributed by atoms with Gasteiger partial charge < -0.3 is 0 Å². The molecular weight excluding hydrogens is 253 g/mol. The predicted octanol–water partition coefficient (Wildman–Crippen LogP) is 2.95. The lowest BCUT2D eigenvalue weighted by molar-refractivity contribution is 0.353. The van der Waals surface area contributed by atoms with Crippen LogP contribution in [0.4, 0.5) is 4.39 Å². The van der Waals surface area contributed by atoms with Crippen LogP contribution in [0.5, 0.6) is 0 Å². The Morgan fingerprint density at radius 3 is 2.06 bits per heavy atom. The zero-order valence-corrected chi connectivity index (χ0v) is 12.0. The summed E-state index contributed by atoms with van der Waals surface area (Å²) in [7, 11) is -3.31. The highest BCUT2D eigenvalue weighted by atomic mass is 32.2. The van der Waals surface area contributed by atoms with Gasteiger partial charge in [-0.1, -0.05) is 19.1 Å². The topological polar surface area (TPSA) is 37.4 Å². The molecule has 0 aromatic heterocycles. The third kappa shape index (κ3) is 3.09. The Labute approximate surface area is 109 Å². The summed E-state index contributed by atoms with van der Waals surface area (Å²) in [5.74, 6) is -0.319. The van der Waals surface area contributed by atoms with E-state index < -0.39 is 15.3 Å². The molecule has 0 saturated carbocycles. The summed E-state index contributed by atoms with van der Waals surface area (Å²) in [5.41, 5.74) is 0.794. The molecule has 0 fully saturated rings. The van der Waals surface area contributed by atoms with Crippen molar-refractivity contribution in [3.63, 3.8) is 0 Å². The van der Waals surface area contributed by atoms with Gasteiger partial charge in [0.1, 0.15) is 5.82 Å². The summed E-state index contributed by atoms with van der Waals surface area (Å²) in [4.78, 5) is 0. The first-order valence-electron chi connectivity index (χ1n) is 6.06. The fourth-order valence-electron chi connectivity index (χ4n) is 1.85. The Bertz CT molecular complexity index is 482. The molecule has 0 spiro atoms. The van der Waals surface area contributed by atoms with E-state index in [1.807, 2.05) is 6.92 Å². The second-order valence-corrected chi connectivity index (χ2v) is 6.97. The summed E-state index contributed by atoms with van der Waals surface area (Å²) in [6.07, 6.45) is 0. The minimum absolute atomic E-state index is 0.289. The molecular formula is C13H20FNO2S. The maximum absolute atomic E-state index is 12.9. The number of halogens is 1. The minimum atomic E-state index is -3.31. The lowest BCUT2D eigenvalue weighted by Gasteiger charge is -2.29. The SMILES string of the molecule is CCN(C(C)c1ccc(F)cc1)S(=O)(=O)C(C)C. The normalized spacial score (nSPS) is 14.2. The molecule has 1 rings (SSSR count). The van der Waals surface area contributed by atoms with E-state index in [1.54, 1.807) is 32.9 Å². The van der Waals surface area contributed by atoms with Gasteiger partial charge in [-0.15, -0.1) is 0 Å². The van der Waals surface area contributed by atoms with Gasteiger partial charge in [-0.05, 0) is 38.5 Å². The fraction of sp³-hybridized carbons (Fsp3) is 0.538. The molecule has 1 unspecified atom stereocenters. The van der Waals surface area contributed by atoms with E-state index in [4.69, 9.17) is 0 Å². The highest BCUT2D eigenvalue weighted by Crippen LogP contribution is 2.25. The van der Waals surface area contributed by atoms with Crippen LogP contribution in [0.2, 0.25) is 0 Å². The molecule has 0 heterocycles. The summed E-state index contributed by atoms with van der Waals surface area (Å²) in [5, 5.41) is -0.458. The van der Waals surface area contributed by atoms with Crippen LogP contribution in [-0.2, 0) is 10.0 Å². The van der Waals surface area contributed by atoms with Crippen LogP contribution in [0.25, 0.3) is 0 Å². The average Bonchev–Trinajstić information content (AvgIpc) is 2.30. The number of rotatable bonds is 5. The van der Waals surface area contributed by atoms with Crippen molar-refractivity contribution in [2.45, 2.75) is 39.0 Å². The predicted molar refractivity (Wildman–Crippen MR) is 71.3 cm³/mol. The third-order valence-electron chi connectivity index (χ3n) is 3.02. The summed E-state index contributed by atoms with van der Waals surface area (Å²) < 4.78 is 38.7. The largest absolute Gasteiger partial charge is 0.216 e. The molecule has 0 aliphatic rings. The van der Waals surface area contributed by atoms with Gasteiger partial charge >= 0.3 is 0 Å². The molecule has 1 aromatic carbocycles. The van der Waals surface area contributed by atoms with E-state index in [0.29, 0.717) is 6.54 Å². The van der Waals surface area contributed by atoms with Crippen LogP contribution in [-0.4, -0.2) is 24.5 Å². The van der Waals surface area contributed by atoms with Crippen LogP contribution in [0, 0.1) is 5.82 Å². The molecule has 0 aliphatic carbocycles. The van der Waals surface area contributed by atoms with Gasteiger partial charge in [0.05, 0.1) is 5.25 Å². The van der Waals surface area contributed by atoms with E-state index in [0.717, 1.165) is 5.56 Å². The number of nitrogens with zero attached hydrogens (tertiary/aromatic N) is 1. The molecule has 18 heavy (non-hydrogen) atoms. The summed E-state index contributed by atoms with van der Waals surface area (Å²) >= 11 is 0. The molecule has 0 aliphatic heterocycles. The highest BCUT2D eigenvalue weighted by molar-refractivity contribution is 7.89. The van der Waals surface area contributed by atoms with Gasteiger partial charge in [-0.25, -0.2) is 12.8 Å². The first kappa shape index (κ1) is 15.1. The zero-order valence-electron chi connectivity index (χ0n) is 11.2. The molecule has 0 bridgehead atoms. The van der Waals surface area contributed by atoms with Gasteiger partial charge in [0.25, 0.3) is 0 Å². The van der Waals surface area contributed by atoms with Crippen molar-refractivity contribution >= 4 is 10.0 Å². The van der Waals surface area contributed by atoms with Crippen molar-refractivity contribution in [2.24, 2.45) is 0 Å². The van der Waals surface area contributed by atoms with Crippen molar-refractivity contribution in [1.82, 2.24) is 4.31 Å². The van der Waals surface area contributed by atoms with Crippen LogP contribution < -0.4 is 0 Å². The Morgan fingerprint density at radius 2 is 1.67 bits per heavy atom. The standard InChI is InChI=1S/C13H20FNO2S/c1-5-15(18(16,17)10(2)3)11(4)12-6-8-13(14)9-7-12/h6-11H,5H2,1-4H3. The van der Waals surface area contributed by atoms with Gasteiger partial charge in [0.2, 0.25) is 10.0 Å². The first-order valence-corrected chi connectivity index (χ1v) is 7.57. The molecule has 0 N–H and O–H groups in total. The minimum Gasteiger partial charge on any atom is -0.212 e. The molecule has 3 nitrogen and oxygen atoms in total. The lowest BCUT2D eigenvalue weighted by Crippen LogP contribution is -2.38. The molecule has 0 radical (unpaired) electrons. The molecule has 1 aromatic rings. The fourth-order valence-corrected chi connectivity index (χ4v) is 3.32. The second kappa shape index (κ2) is 5.80. The van der Waals surface area contributed by atoms with Crippen molar-refractivity contribution in [1.29, 1.82) is 0 Å². The number of hydrogen-bond donors (Lipinski definition) is 0. The van der Waals surface area contributed by atoms with E-state index >= 15 is 0 Å². The Hall–Kier alpha value is -0.940. The van der Waals surface area contributed by atoms with E-state index in [-0.39, 0.29) is 11.9 Å². The van der Waals surface area contributed by atoms with Crippen molar-refractivity contribution in [2.75, 3.05) is 6.54 Å². The summed E-state index contributed by atoms with van der Waals surface area (Å²) in [6.45, 7) is 7.35. The van der Waals surface area contributed by atoms with Crippen LogP contribution in [0.15, 0.2) is 24.3 Å². The van der Waals surface area contributed by atoms with E-state index in [2.05, 4.69) is 0 Å². The molecule has 5 heteroatoms. The van der Waals surface area contributed by atoms with E-state index in [1.165, 1.54) is 16.4 Å². The Kier molecular flexibility index (Phi) is 4.87. The molecule has 1 atom stereocenters. The number of hydrogen-bond acceptors (Lipinski definition) is 2. The van der Waals surface area contributed by atoms with Gasteiger partial charge in [0.15, 0.2) is 0 Å². The maximum Gasteiger partial charge on any atom is 0.216 e. The van der Waals surface area contributed by atoms with Gasteiger partial charge in [-0.3, -0.25) is 0 Å². The van der Waals surface area contributed by atoms with Crippen LogP contribution >= 0.6 is 0 Å². The number of benzene rings is 1. The second-order valence-electron chi connectivity index (χ2n) is 4.52. The van der Waals surface area contributed by atoms with Crippen molar-refractivity contribution < 1.29 is 12.8 Å². The van der Waals surface area contributed by atoms with E-state index in [9.17, 15) is 12.8 Å². The third-order valence-corrected chi connectivity index (χ3v) is 5.44. The highest BCUT2D eigenvalue weighted by Gasteiger charge is 2.29. The number of sulfonamides is 1. The maximum atomic E-state index is 12.9. The van der Waals surface area contributed by atoms with Crippen LogP contribution in [0.1, 0.15) is 39.3 Å². The smallest absolute Gasteiger partial charge is 0.212 e. The molecule has 0 saturated heterocycles. The molecule has 0 amide bonds. The lowest BCUT2D eigenvalue weighted by atomic mass is 10.1. The van der Waals surface area contributed by atoms with Crippen molar-refractivity contribution in [3.8, 4) is 0 Å². The molecule has 102 valence electrons. The van der Waals surface area contributed by atoms with Gasteiger partial charge in [-0.2, -0.15) is 4.31 Å². The average molecular weight is 273 g/mol. The first-order chi connectivity index (χ1) is 8.30. The van der Waals surface area contributed by atoms with Crippen molar-refractivity contribution in [3.05, 3.63) is 35.6 Å². The van der Waals surface area contributed by atoms with Gasteiger partial charge in [0, 0.05) is 12.6 Å². The zero-order chi connectivity index (χ0) is 13.9. The quantitative estimate of drug-likeness (QED) is 0.827. The Morgan fingerprint density at radius 1 is 1.17 bits per heavy atom. The Balaban J connectivity index is 3.07. The van der Waals surface area contributed by atoms with Crippen LogP contribution in [0.3, 0.4) is 0 Å².